The van der Waals surface area contributed by atoms with Crippen molar-refractivity contribution in [2.75, 3.05) is 46.8 Å². The van der Waals surface area contributed by atoms with Gasteiger partial charge in [0.2, 0.25) is 0 Å². The molecule has 0 aliphatic carbocycles. The number of aliphatic imine (C=N–C) groups is 1. The van der Waals surface area contributed by atoms with Crippen molar-refractivity contribution < 1.29 is 0 Å². The standard InChI is InChI=1S/C17H30N4S/c1-4-9-21-11-7-15(14-21)13-19-17(18-2)20(3)10-8-16-6-5-12-22-16/h5-6,12,15H,4,7-11,13-14H2,1-3H3,(H,18,19). The third-order valence-electron chi connectivity index (χ3n) is 4.31. The maximum atomic E-state index is 4.43. The summed E-state index contributed by atoms with van der Waals surface area (Å²) < 4.78 is 0. The number of guanidine groups is 1. The monoisotopic (exact) mass is 322 g/mol. The minimum Gasteiger partial charge on any atom is -0.356 e. The van der Waals surface area contributed by atoms with Crippen molar-refractivity contribution in [3.63, 3.8) is 0 Å². The molecule has 0 spiro atoms. The van der Waals surface area contributed by atoms with E-state index in [2.05, 4.69) is 51.6 Å². The molecule has 1 aliphatic rings. The molecule has 1 N–H and O–H groups in total. The van der Waals surface area contributed by atoms with E-state index in [9.17, 15) is 0 Å². The van der Waals surface area contributed by atoms with Crippen LogP contribution < -0.4 is 5.32 Å². The molecule has 0 aromatic carbocycles. The molecule has 2 heterocycles. The number of rotatable bonds is 7. The maximum Gasteiger partial charge on any atom is 0.193 e. The van der Waals surface area contributed by atoms with E-state index in [1.807, 2.05) is 18.4 Å². The molecule has 22 heavy (non-hydrogen) atoms. The van der Waals surface area contributed by atoms with Crippen LogP contribution in [0.4, 0.5) is 0 Å². The van der Waals surface area contributed by atoms with Crippen LogP contribution in [0.15, 0.2) is 22.5 Å². The molecular weight excluding hydrogens is 292 g/mol. The number of nitrogens with one attached hydrogen (secondary N) is 1. The van der Waals surface area contributed by atoms with Crippen molar-refractivity contribution in [3.05, 3.63) is 22.4 Å². The van der Waals surface area contributed by atoms with Crippen LogP contribution in [0.2, 0.25) is 0 Å². The van der Waals surface area contributed by atoms with Crippen LogP contribution in [-0.2, 0) is 6.42 Å². The van der Waals surface area contributed by atoms with Gasteiger partial charge in [-0.2, -0.15) is 0 Å². The number of hydrogen-bond acceptors (Lipinski definition) is 3. The van der Waals surface area contributed by atoms with Gasteiger partial charge in [0.15, 0.2) is 5.96 Å². The molecule has 0 saturated carbocycles. The van der Waals surface area contributed by atoms with Gasteiger partial charge in [0.1, 0.15) is 0 Å². The first-order chi connectivity index (χ1) is 10.7. The molecule has 0 amide bonds. The quantitative estimate of drug-likeness (QED) is 0.618. The Labute approximate surface area is 139 Å². The Kier molecular flexibility index (Phi) is 7.19. The third-order valence-corrected chi connectivity index (χ3v) is 5.24. The van der Waals surface area contributed by atoms with Crippen molar-refractivity contribution in [2.45, 2.75) is 26.2 Å². The first-order valence-electron chi connectivity index (χ1n) is 8.39. The fourth-order valence-electron chi connectivity index (χ4n) is 3.06. The van der Waals surface area contributed by atoms with E-state index in [0.717, 1.165) is 31.4 Å². The van der Waals surface area contributed by atoms with E-state index in [1.54, 1.807) is 0 Å². The van der Waals surface area contributed by atoms with Gasteiger partial charge in [-0.15, -0.1) is 11.3 Å². The maximum absolute atomic E-state index is 4.43. The highest BCUT2D eigenvalue weighted by molar-refractivity contribution is 7.09. The number of nitrogens with zero attached hydrogens (tertiary/aromatic N) is 3. The second-order valence-corrected chi connectivity index (χ2v) is 7.17. The molecule has 1 saturated heterocycles. The summed E-state index contributed by atoms with van der Waals surface area (Å²) in [6.07, 6.45) is 3.65. The van der Waals surface area contributed by atoms with Gasteiger partial charge in [-0.25, -0.2) is 0 Å². The molecule has 1 aromatic heterocycles. The van der Waals surface area contributed by atoms with Crippen molar-refractivity contribution in [2.24, 2.45) is 10.9 Å². The van der Waals surface area contributed by atoms with Crippen molar-refractivity contribution in [1.82, 2.24) is 15.1 Å². The Bertz CT molecular complexity index is 444. The predicted molar refractivity (Wildman–Crippen MR) is 96.9 cm³/mol. The van der Waals surface area contributed by atoms with Gasteiger partial charge in [0.05, 0.1) is 0 Å². The summed E-state index contributed by atoms with van der Waals surface area (Å²) in [5.41, 5.74) is 0. The topological polar surface area (TPSA) is 30.9 Å². The Morgan fingerprint density at radius 3 is 3.09 bits per heavy atom. The fraction of sp³-hybridized carbons (Fsp3) is 0.706. The predicted octanol–water partition coefficient (Wildman–Crippen LogP) is 2.53. The first-order valence-corrected chi connectivity index (χ1v) is 9.27. The van der Waals surface area contributed by atoms with Crippen molar-refractivity contribution >= 4 is 17.3 Å². The molecule has 4 nitrogen and oxygen atoms in total. The molecule has 1 fully saturated rings. The Morgan fingerprint density at radius 2 is 2.41 bits per heavy atom. The molecule has 2 rings (SSSR count). The summed E-state index contributed by atoms with van der Waals surface area (Å²) in [7, 11) is 4.00. The van der Waals surface area contributed by atoms with Gasteiger partial charge in [-0.3, -0.25) is 4.99 Å². The van der Waals surface area contributed by atoms with Crippen LogP contribution in [0.3, 0.4) is 0 Å². The number of likely N-dealkylation sites (tertiary alicyclic amines) is 1. The average molecular weight is 323 g/mol. The van der Waals surface area contributed by atoms with Crippen LogP contribution in [0, 0.1) is 5.92 Å². The van der Waals surface area contributed by atoms with E-state index in [0.29, 0.717) is 0 Å². The Balaban J connectivity index is 1.70. The average Bonchev–Trinajstić information content (AvgIpc) is 3.18. The molecule has 1 unspecified atom stereocenters. The fourth-order valence-corrected chi connectivity index (χ4v) is 3.76. The smallest absolute Gasteiger partial charge is 0.193 e. The lowest BCUT2D eigenvalue weighted by molar-refractivity contribution is 0.324. The SMILES string of the molecule is CCCN1CCC(CNC(=NC)N(C)CCc2cccs2)C1. The second-order valence-electron chi connectivity index (χ2n) is 6.13. The molecule has 0 radical (unpaired) electrons. The highest BCUT2D eigenvalue weighted by Gasteiger charge is 2.22. The zero-order valence-corrected chi connectivity index (χ0v) is 15.0. The van der Waals surface area contributed by atoms with Gasteiger partial charge in [0, 0.05) is 38.6 Å². The lowest BCUT2D eigenvalue weighted by atomic mass is 10.1. The van der Waals surface area contributed by atoms with Gasteiger partial charge in [-0.1, -0.05) is 13.0 Å². The normalized spacial score (nSPS) is 19.6. The third kappa shape index (κ3) is 5.29. The minimum absolute atomic E-state index is 0.758. The van der Waals surface area contributed by atoms with Crippen LogP contribution in [0.25, 0.3) is 0 Å². The summed E-state index contributed by atoms with van der Waals surface area (Å²) in [5, 5.41) is 5.70. The lowest BCUT2D eigenvalue weighted by Crippen LogP contribution is -2.42. The zero-order valence-electron chi connectivity index (χ0n) is 14.2. The lowest BCUT2D eigenvalue weighted by Gasteiger charge is -2.23. The van der Waals surface area contributed by atoms with Gasteiger partial charge in [-0.05, 0) is 49.7 Å². The van der Waals surface area contributed by atoms with E-state index in [4.69, 9.17) is 0 Å². The number of likely N-dealkylation sites (N-methyl/N-ethyl adjacent to an activating group) is 1. The van der Waals surface area contributed by atoms with Gasteiger partial charge >= 0.3 is 0 Å². The molecule has 1 atom stereocenters. The number of hydrogen-bond donors (Lipinski definition) is 1. The van der Waals surface area contributed by atoms with E-state index >= 15 is 0 Å². The summed E-state index contributed by atoms with van der Waals surface area (Å²) in [6, 6.07) is 4.32. The zero-order chi connectivity index (χ0) is 15.8. The molecule has 5 heteroatoms. The summed E-state index contributed by atoms with van der Waals surface area (Å²) >= 11 is 1.83. The Morgan fingerprint density at radius 1 is 1.55 bits per heavy atom. The summed E-state index contributed by atoms with van der Waals surface area (Å²) in [5.74, 6) is 1.78. The number of thiophene rings is 1. The van der Waals surface area contributed by atoms with Gasteiger partial charge in [0.25, 0.3) is 0 Å². The molecule has 1 aliphatic heterocycles. The molecule has 124 valence electrons. The highest BCUT2D eigenvalue weighted by atomic mass is 32.1. The van der Waals surface area contributed by atoms with Crippen LogP contribution >= 0.6 is 11.3 Å². The van der Waals surface area contributed by atoms with E-state index in [-0.39, 0.29) is 0 Å². The van der Waals surface area contributed by atoms with Crippen LogP contribution in [0.5, 0.6) is 0 Å². The van der Waals surface area contributed by atoms with Gasteiger partial charge < -0.3 is 15.1 Å². The second kappa shape index (κ2) is 9.16. The Hall–Kier alpha value is -1.07. The van der Waals surface area contributed by atoms with Crippen LogP contribution in [0.1, 0.15) is 24.6 Å². The molecule has 0 bridgehead atoms. The highest BCUT2D eigenvalue weighted by Crippen LogP contribution is 2.15. The largest absolute Gasteiger partial charge is 0.356 e. The van der Waals surface area contributed by atoms with E-state index < -0.39 is 0 Å². The first kappa shape index (κ1) is 17.3. The summed E-state index contributed by atoms with van der Waals surface area (Å²) in [6.45, 7) is 8.04. The summed E-state index contributed by atoms with van der Waals surface area (Å²) in [4.78, 5) is 10.7. The van der Waals surface area contributed by atoms with Crippen LogP contribution in [-0.4, -0.2) is 62.6 Å². The van der Waals surface area contributed by atoms with E-state index in [1.165, 1.54) is 37.4 Å². The van der Waals surface area contributed by atoms with Crippen molar-refractivity contribution in [1.29, 1.82) is 0 Å². The van der Waals surface area contributed by atoms with Crippen molar-refractivity contribution in [3.8, 4) is 0 Å². The minimum atomic E-state index is 0.758. The molecular formula is C17H30N4S. The molecule has 1 aromatic rings.